The van der Waals surface area contributed by atoms with Crippen LogP contribution in [0.3, 0.4) is 0 Å². The monoisotopic (exact) mass is 379 g/mol. The molecule has 1 N–H and O–H groups in total. The first-order valence-corrected chi connectivity index (χ1v) is 9.79. The number of amides is 2. The molecule has 4 rings (SSSR count). The smallest absolute Gasteiger partial charge is 0.257 e. The summed E-state index contributed by atoms with van der Waals surface area (Å²) < 4.78 is 5.14. The normalized spacial score (nSPS) is 18.4. The van der Waals surface area contributed by atoms with E-state index in [4.69, 9.17) is 4.74 Å². The molecule has 6 nitrogen and oxygen atoms in total. The van der Waals surface area contributed by atoms with Crippen LogP contribution in [0.2, 0.25) is 0 Å². The Bertz CT molecular complexity index is 894. The van der Waals surface area contributed by atoms with E-state index in [9.17, 15) is 9.59 Å². The number of methoxy groups -OCH3 is 1. The van der Waals surface area contributed by atoms with Gasteiger partial charge in [0, 0.05) is 24.3 Å². The highest BCUT2D eigenvalue weighted by Gasteiger charge is 2.38. The number of benzene rings is 2. The summed E-state index contributed by atoms with van der Waals surface area (Å²) >= 11 is 0. The lowest BCUT2D eigenvalue weighted by molar-refractivity contribution is 0.0582. The number of rotatable bonds is 4. The van der Waals surface area contributed by atoms with Crippen molar-refractivity contribution in [1.29, 1.82) is 0 Å². The van der Waals surface area contributed by atoms with Crippen molar-refractivity contribution in [2.75, 3.05) is 30.4 Å². The average Bonchev–Trinajstić information content (AvgIpc) is 2.74. The fourth-order valence-corrected chi connectivity index (χ4v) is 4.14. The van der Waals surface area contributed by atoms with Crippen LogP contribution in [0, 0.1) is 0 Å². The number of piperidine rings is 1. The molecule has 2 heterocycles. The summed E-state index contributed by atoms with van der Waals surface area (Å²) in [5.74, 6) is 0.620. The maximum atomic E-state index is 12.9. The second-order valence-electron chi connectivity index (χ2n) is 7.18. The molecule has 0 aromatic heterocycles. The van der Waals surface area contributed by atoms with Crippen LogP contribution >= 0.6 is 0 Å². The molecule has 0 bridgehead atoms. The van der Waals surface area contributed by atoms with E-state index < -0.39 is 0 Å². The van der Waals surface area contributed by atoms with Gasteiger partial charge in [0.15, 0.2) is 0 Å². The Hall–Kier alpha value is -3.02. The lowest BCUT2D eigenvalue weighted by atomic mass is 9.97. The third-order valence-electron chi connectivity index (χ3n) is 5.58. The van der Waals surface area contributed by atoms with Crippen molar-refractivity contribution < 1.29 is 14.3 Å². The Kier molecular flexibility index (Phi) is 4.94. The summed E-state index contributed by atoms with van der Waals surface area (Å²) in [6, 6.07) is 12.6. The molecular weight excluding hydrogens is 354 g/mol. The number of hydrogen-bond acceptors (Lipinski definition) is 4. The second kappa shape index (κ2) is 7.54. The van der Waals surface area contributed by atoms with E-state index >= 15 is 0 Å². The topological polar surface area (TPSA) is 61.9 Å². The maximum absolute atomic E-state index is 12.9. The Labute approximate surface area is 165 Å². The van der Waals surface area contributed by atoms with Crippen LogP contribution < -0.4 is 15.0 Å². The van der Waals surface area contributed by atoms with E-state index in [-0.39, 0.29) is 18.0 Å². The Balaban J connectivity index is 1.62. The highest BCUT2D eigenvalue weighted by atomic mass is 16.5. The van der Waals surface area contributed by atoms with E-state index in [0.717, 1.165) is 43.8 Å². The van der Waals surface area contributed by atoms with Crippen molar-refractivity contribution in [3.63, 3.8) is 0 Å². The lowest BCUT2D eigenvalue weighted by Crippen LogP contribution is -2.57. The van der Waals surface area contributed by atoms with Gasteiger partial charge in [-0.05, 0) is 68.7 Å². The highest BCUT2D eigenvalue weighted by Crippen LogP contribution is 2.35. The van der Waals surface area contributed by atoms with Gasteiger partial charge in [-0.3, -0.25) is 9.59 Å². The fraction of sp³-hybridized carbons (Fsp3) is 0.364. The third kappa shape index (κ3) is 3.19. The fourth-order valence-electron chi connectivity index (χ4n) is 4.14. The molecule has 2 amide bonds. The van der Waals surface area contributed by atoms with Gasteiger partial charge in [-0.15, -0.1) is 0 Å². The first-order valence-electron chi connectivity index (χ1n) is 9.79. The number of fused-ring (bicyclic) bond motifs is 2. The molecule has 0 aliphatic carbocycles. The van der Waals surface area contributed by atoms with Crippen LogP contribution in [0.15, 0.2) is 42.5 Å². The number of hydrogen-bond donors (Lipinski definition) is 1. The first kappa shape index (κ1) is 18.3. The summed E-state index contributed by atoms with van der Waals surface area (Å²) in [5, 5.41) is 2.91. The molecule has 2 aliphatic heterocycles. The maximum Gasteiger partial charge on any atom is 0.257 e. The Morgan fingerprint density at radius 3 is 2.68 bits per heavy atom. The van der Waals surface area contributed by atoms with Crippen LogP contribution in [0.25, 0.3) is 0 Å². The molecule has 28 heavy (non-hydrogen) atoms. The summed E-state index contributed by atoms with van der Waals surface area (Å²) in [5.41, 5.74) is 2.79. The van der Waals surface area contributed by atoms with E-state index in [1.807, 2.05) is 11.0 Å². The summed E-state index contributed by atoms with van der Waals surface area (Å²) in [7, 11) is 1.61. The minimum atomic E-state index is -0.192. The standard InChI is InChI=1S/C22H25N3O3/c1-3-24-19-14-15(21(26)23-16-8-10-17(28-2)11-9-16)7-12-18(19)22(27)25-13-5-4-6-20(24)25/h7-12,14,20H,3-6,13H2,1-2H3,(H,23,26)/t20-/m1/s1. The Morgan fingerprint density at radius 2 is 1.96 bits per heavy atom. The molecule has 146 valence electrons. The molecule has 0 radical (unpaired) electrons. The largest absolute Gasteiger partial charge is 0.497 e. The van der Waals surface area contributed by atoms with E-state index in [0.29, 0.717) is 16.8 Å². The van der Waals surface area contributed by atoms with Crippen LogP contribution in [-0.4, -0.2) is 43.1 Å². The number of carbonyl (C=O) groups excluding carboxylic acids is 2. The third-order valence-corrected chi connectivity index (χ3v) is 5.58. The molecule has 2 aromatic rings. The molecular formula is C22H25N3O3. The van der Waals surface area contributed by atoms with E-state index in [1.165, 1.54) is 0 Å². The van der Waals surface area contributed by atoms with E-state index in [1.54, 1.807) is 43.5 Å². The van der Waals surface area contributed by atoms with Gasteiger partial charge in [-0.25, -0.2) is 0 Å². The predicted octanol–water partition coefficient (Wildman–Crippen LogP) is 3.74. The molecule has 1 saturated heterocycles. The zero-order chi connectivity index (χ0) is 19.7. The van der Waals surface area contributed by atoms with Crippen LogP contribution in [0.1, 0.15) is 46.9 Å². The number of anilines is 2. The number of carbonyl (C=O) groups is 2. The lowest BCUT2D eigenvalue weighted by Gasteiger charge is -2.47. The predicted molar refractivity (Wildman–Crippen MR) is 109 cm³/mol. The minimum Gasteiger partial charge on any atom is -0.497 e. The van der Waals surface area contributed by atoms with Crippen molar-refractivity contribution in [3.8, 4) is 5.75 Å². The van der Waals surface area contributed by atoms with Gasteiger partial charge in [0.1, 0.15) is 11.9 Å². The highest BCUT2D eigenvalue weighted by molar-refractivity contribution is 6.08. The van der Waals surface area contributed by atoms with Crippen molar-refractivity contribution in [2.45, 2.75) is 32.4 Å². The molecule has 6 heteroatoms. The van der Waals surface area contributed by atoms with Gasteiger partial charge in [0.2, 0.25) is 0 Å². The van der Waals surface area contributed by atoms with Gasteiger partial charge in [0.25, 0.3) is 11.8 Å². The van der Waals surface area contributed by atoms with Gasteiger partial charge in [-0.2, -0.15) is 0 Å². The van der Waals surface area contributed by atoms with Crippen molar-refractivity contribution >= 4 is 23.2 Å². The zero-order valence-corrected chi connectivity index (χ0v) is 16.3. The van der Waals surface area contributed by atoms with Crippen molar-refractivity contribution in [1.82, 2.24) is 4.90 Å². The van der Waals surface area contributed by atoms with E-state index in [2.05, 4.69) is 17.1 Å². The SMILES string of the molecule is CCN1c2cc(C(=O)Nc3ccc(OC)cc3)ccc2C(=O)N2CCCC[C@@H]21. The van der Waals surface area contributed by atoms with Gasteiger partial charge >= 0.3 is 0 Å². The summed E-state index contributed by atoms with van der Waals surface area (Å²) in [4.78, 5) is 29.9. The van der Waals surface area contributed by atoms with Crippen LogP contribution in [0.5, 0.6) is 5.75 Å². The zero-order valence-electron chi connectivity index (χ0n) is 16.3. The first-order chi connectivity index (χ1) is 13.6. The van der Waals surface area contributed by atoms with Gasteiger partial charge < -0.3 is 19.9 Å². The molecule has 1 fully saturated rings. The quantitative estimate of drug-likeness (QED) is 0.879. The molecule has 2 aromatic carbocycles. The second-order valence-corrected chi connectivity index (χ2v) is 7.18. The van der Waals surface area contributed by atoms with Crippen molar-refractivity contribution in [3.05, 3.63) is 53.6 Å². The number of nitrogens with zero attached hydrogens (tertiary/aromatic N) is 2. The van der Waals surface area contributed by atoms with Gasteiger partial charge in [0.05, 0.1) is 18.4 Å². The molecule has 2 aliphatic rings. The molecule has 1 atom stereocenters. The number of nitrogens with one attached hydrogen (secondary N) is 1. The summed E-state index contributed by atoms with van der Waals surface area (Å²) in [6.07, 6.45) is 3.25. The molecule has 0 saturated carbocycles. The van der Waals surface area contributed by atoms with Crippen LogP contribution in [0.4, 0.5) is 11.4 Å². The average molecular weight is 379 g/mol. The minimum absolute atomic E-state index is 0.0755. The molecule has 0 unspecified atom stereocenters. The van der Waals surface area contributed by atoms with Crippen LogP contribution in [-0.2, 0) is 0 Å². The van der Waals surface area contributed by atoms with Gasteiger partial charge in [-0.1, -0.05) is 0 Å². The summed E-state index contributed by atoms with van der Waals surface area (Å²) in [6.45, 7) is 3.70. The molecule has 0 spiro atoms. The number of ether oxygens (including phenoxy) is 1. The van der Waals surface area contributed by atoms with Crippen molar-refractivity contribution in [2.24, 2.45) is 0 Å². The Morgan fingerprint density at radius 1 is 1.18 bits per heavy atom.